The SMILES string of the molecule is Cc1ccc(OCc2nc(C(=O)NC3CCCN(c4ncccn4)C3)cs2)cc1. The fourth-order valence-corrected chi connectivity index (χ4v) is 3.94. The summed E-state index contributed by atoms with van der Waals surface area (Å²) in [7, 11) is 0. The van der Waals surface area contributed by atoms with E-state index in [1.165, 1.54) is 16.9 Å². The number of amides is 1. The summed E-state index contributed by atoms with van der Waals surface area (Å²) >= 11 is 1.43. The van der Waals surface area contributed by atoms with E-state index in [2.05, 4.69) is 25.2 Å². The van der Waals surface area contributed by atoms with Gasteiger partial charge >= 0.3 is 0 Å². The number of hydrogen-bond acceptors (Lipinski definition) is 7. The Bertz CT molecular complexity index is 945. The zero-order valence-electron chi connectivity index (χ0n) is 16.2. The molecule has 1 aliphatic heterocycles. The lowest BCUT2D eigenvalue weighted by Gasteiger charge is -2.32. The van der Waals surface area contributed by atoms with E-state index in [0.29, 0.717) is 24.8 Å². The van der Waals surface area contributed by atoms with Gasteiger partial charge in [-0.25, -0.2) is 15.0 Å². The van der Waals surface area contributed by atoms with Crippen molar-refractivity contribution in [3.8, 4) is 5.75 Å². The first-order chi connectivity index (χ1) is 14.2. The Morgan fingerprint density at radius 3 is 2.86 bits per heavy atom. The maximum Gasteiger partial charge on any atom is 0.271 e. The van der Waals surface area contributed by atoms with Crippen molar-refractivity contribution in [2.24, 2.45) is 0 Å². The topological polar surface area (TPSA) is 80.2 Å². The molecule has 1 saturated heterocycles. The average molecular weight is 410 g/mol. The molecule has 0 spiro atoms. The standard InChI is InChI=1S/C21H23N5O2S/c1-15-5-7-17(8-6-15)28-13-19-25-18(14-29-19)20(27)24-16-4-2-11-26(12-16)21-22-9-3-10-23-21/h3,5-10,14,16H,2,4,11-13H2,1H3,(H,24,27). The van der Waals surface area contributed by atoms with Crippen molar-refractivity contribution in [3.05, 3.63) is 64.4 Å². The van der Waals surface area contributed by atoms with Gasteiger partial charge < -0.3 is 15.0 Å². The van der Waals surface area contributed by atoms with Crippen molar-refractivity contribution in [1.82, 2.24) is 20.3 Å². The third-order valence-electron chi connectivity index (χ3n) is 4.76. The van der Waals surface area contributed by atoms with Gasteiger partial charge in [0.2, 0.25) is 5.95 Å². The van der Waals surface area contributed by atoms with Crippen molar-refractivity contribution in [1.29, 1.82) is 0 Å². The molecule has 7 nitrogen and oxygen atoms in total. The van der Waals surface area contributed by atoms with E-state index in [1.54, 1.807) is 23.8 Å². The minimum atomic E-state index is -0.149. The summed E-state index contributed by atoms with van der Waals surface area (Å²) in [5.74, 6) is 1.35. The monoisotopic (exact) mass is 409 g/mol. The molecule has 8 heteroatoms. The molecule has 2 aromatic heterocycles. The Morgan fingerprint density at radius 1 is 1.28 bits per heavy atom. The fourth-order valence-electron chi connectivity index (χ4n) is 3.25. The van der Waals surface area contributed by atoms with Crippen molar-refractivity contribution < 1.29 is 9.53 Å². The predicted octanol–water partition coefficient (Wildman–Crippen LogP) is 3.22. The third kappa shape index (κ3) is 5.08. The highest BCUT2D eigenvalue weighted by Gasteiger charge is 2.24. The van der Waals surface area contributed by atoms with Crippen LogP contribution >= 0.6 is 11.3 Å². The Hall–Kier alpha value is -3.00. The van der Waals surface area contributed by atoms with Crippen LogP contribution < -0.4 is 15.0 Å². The second-order valence-electron chi connectivity index (χ2n) is 7.04. The smallest absolute Gasteiger partial charge is 0.271 e. The van der Waals surface area contributed by atoms with E-state index in [0.717, 1.165) is 30.1 Å². The van der Waals surface area contributed by atoms with E-state index in [1.807, 2.05) is 31.2 Å². The van der Waals surface area contributed by atoms with Crippen molar-refractivity contribution >= 4 is 23.2 Å². The van der Waals surface area contributed by atoms with Crippen LogP contribution in [-0.4, -0.2) is 40.0 Å². The Labute approximate surface area is 173 Å². The highest BCUT2D eigenvalue weighted by molar-refractivity contribution is 7.09. The van der Waals surface area contributed by atoms with Gasteiger partial charge in [-0.15, -0.1) is 11.3 Å². The van der Waals surface area contributed by atoms with E-state index >= 15 is 0 Å². The zero-order chi connectivity index (χ0) is 20.1. The molecule has 1 atom stereocenters. The molecule has 0 bridgehead atoms. The van der Waals surface area contributed by atoms with Gasteiger partial charge in [-0.05, 0) is 38.0 Å². The number of thiazole rings is 1. The van der Waals surface area contributed by atoms with Crippen LogP contribution in [0.2, 0.25) is 0 Å². The lowest BCUT2D eigenvalue weighted by atomic mass is 10.1. The lowest BCUT2D eigenvalue weighted by molar-refractivity contribution is 0.0928. The number of rotatable bonds is 6. The van der Waals surface area contributed by atoms with Crippen LogP contribution in [0.1, 0.15) is 33.9 Å². The molecule has 1 N–H and O–H groups in total. The minimum absolute atomic E-state index is 0.0500. The molecule has 1 amide bonds. The van der Waals surface area contributed by atoms with Crippen LogP contribution in [0, 0.1) is 6.92 Å². The summed E-state index contributed by atoms with van der Waals surface area (Å²) in [6, 6.07) is 9.72. The highest BCUT2D eigenvalue weighted by atomic mass is 32.1. The van der Waals surface area contributed by atoms with Gasteiger partial charge in [0, 0.05) is 36.9 Å². The molecule has 1 fully saturated rings. The maximum atomic E-state index is 12.6. The van der Waals surface area contributed by atoms with Crippen molar-refractivity contribution in [3.63, 3.8) is 0 Å². The van der Waals surface area contributed by atoms with Gasteiger partial charge in [0.25, 0.3) is 5.91 Å². The molecule has 1 unspecified atom stereocenters. The van der Waals surface area contributed by atoms with Crippen LogP contribution in [0.4, 0.5) is 5.95 Å². The number of piperidine rings is 1. The summed E-state index contributed by atoms with van der Waals surface area (Å²) in [5, 5.41) is 5.65. The lowest BCUT2D eigenvalue weighted by Crippen LogP contribution is -2.48. The molecule has 4 rings (SSSR count). The fraction of sp³-hybridized carbons (Fsp3) is 0.333. The molecule has 0 saturated carbocycles. The summed E-state index contributed by atoms with van der Waals surface area (Å²) in [6.45, 7) is 3.98. The van der Waals surface area contributed by atoms with Gasteiger partial charge in [0.05, 0.1) is 0 Å². The van der Waals surface area contributed by atoms with Gasteiger partial charge in [-0.3, -0.25) is 4.79 Å². The van der Waals surface area contributed by atoms with Crippen molar-refractivity contribution in [2.75, 3.05) is 18.0 Å². The van der Waals surface area contributed by atoms with Gasteiger partial charge in [0.15, 0.2) is 0 Å². The van der Waals surface area contributed by atoms with Crippen LogP contribution in [-0.2, 0) is 6.61 Å². The Morgan fingerprint density at radius 2 is 2.07 bits per heavy atom. The largest absolute Gasteiger partial charge is 0.486 e. The number of nitrogens with zero attached hydrogens (tertiary/aromatic N) is 4. The zero-order valence-corrected chi connectivity index (χ0v) is 17.1. The molecule has 1 aliphatic rings. The molecular weight excluding hydrogens is 386 g/mol. The summed E-state index contributed by atoms with van der Waals surface area (Å²) < 4.78 is 5.75. The number of aromatic nitrogens is 3. The number of benzene rings is 1. The Kier molecular flexibility index (Phi) is 6.00. The van der Waals surface area contributed by atoms with E-state index < -0.39 is 0 Å². The molecule has 1 aromatic carbocycles. The van der Waals surface area contributed by atoms with Crippen LogP contribution in [0.3, 0.4) is 0 Å². The number of carbonyl (C=O) groups is 1. The summed E-state index contributed by atoms with van der Waals surface area (Å²) in [5.41, 5.74) is 1.62. The average Bonchev–Trinajstić information content (AvgIpc) is 3.23. The number of carbonyl (C=O) groups excluding carboxylic acids is 1. The molecule has 150 valence electrons. The van der Waals surface area contributed by atoms with Crippen LogP contribution in [0.15, 0.2) is 48.1 Å². The number of nitrogens with one attached hydrogen (secondary N) is 1. The van der Waals surface area contributed by atoms with Crippen LogP contribution in [0.25, 0.3) is 0 Å². The Balaban J connectivity index is 1.31. The van der Waals surface area contributed by atoms with Crippen molar-refractivity contribution in [2.45, 2.75) is 32.4 Å². The van der Waals surface area contributed by atoms with E-state index in [9.17, 15) is 4.79 Å². The number of aryl methyl sites for hydroxylation is 1. The van der Waals surface area contributed by atoms with Gasteiger partial charge in [0.1, 0.15) is 23.1 Å². The highest BCUT2D eigenvalue weighted by Crippen LogP contribution is 2.18. The normalized spacial score (nSPS) is 16.4. The molecule has 3 heterocycles. The number of anilines is 1. The predicted molar refractivity (Wildman–Crippen MR) is 112 cm³/mol. The minimum Gasteiger partial charge on any atom is -0.486 e. The molecule has 0 aliphatic carbocycles. The molecule has 29 heavy (non-hydrogen) atoms. The molecular formula is C21H23N5O2S. The second-order valence-corrected chi connectivity index (χ2v) is 7.98. The third-order valence-corrected chi connectivity index (χ3v) is 5.58. The quantitative estimate of drug-likeness (QED) is 0.673. The number of hydrogen-bond donors (Lipinski definition) is 1. The van der Waals surface area contributed by atoms with E-state index in [-0.39, 0.29) is 11.9 Å². The maximum absolute atomic E-state index is 12.6. The molecule has 3 aromatic rings. The van der Waals surface area contributed by atoms with Gasteiger partial charge in [-0.2, -0.15) is 0 Å². The first kappa shape index (κ1) is 19.3. The number of ether oxygens (including phenoxy) is 1. The second kappa shape index (κ2) is 9.00. The van der Waals surface area contributed by atoms with Gasteiger partial charge in [-0.1, -0.05) is 17.7 Å². The molecule has 0 radical (unpaired) electrons. The summed E-state index contributed by atoms with van der Waals surface area (Å²) in [6.07, 6.45) is 5.39. The van der Waals surface area contributed by atoms with Crippen LogP contribution in [0.5, 0.6) is 5.75 Å². The van der Waals surface area contributed by atoms with E-state index in [4.69, 9.17) is 4.74 Å². The first-order valence-electron chi connectivity index (χ1n) is 9.64. The summed E-state index contributed by atoms with van der Waals surface area (Å²) in [4.78, 5) is 27.8. The first-order valence-corrected chi connectivity index (χ1v) is 10.5.